The number of nitrogens with zero attached hydrogens (tertiary/aromatic N) is 6. The van der Waals surface area contributed by atoms with Gasteiger partial charge in [0, 0.05) is 52.8 Å². The summed E-state index contributed by atoms with van der Waals surface area (Å²) in [6.45, 7) is 1.37. The Balaban J connectivity index is 1.51. The van der Waals surface area contributed by atoms with E-state index >= 15 is 0 Å². The summed E-state index contributed by atoms with van der Waals surface area (Å²) in [6, 6.07) is 3.89. The number of ether oxygens (including phenoxy) is 2. The number of rotatable bonds is 6. The Morgan fingerprint density at radius 2 is 2.12 bits per heavy atom. The van der Waals surface area contributed by atoms with Gasteiger partial charge < -0.3 is 18.9 Å². The predicted octanol–water partition coefficient (Wildman–Crippen LogP) is 3.07. The number of carbonyl (C=O) groups is 1. The lowest BCUT2D eigenvalue weighted by molar-refractivity contribution is 0.0242. The number of aromatic nitrogens is 5. The number of fused-ring (bicyclic) bond motifs is 1. The molecule has 4 aromatic rings. The molecule has 10 heteroatoms. The smallest absolute Gasteiger partial charge is 0.263 e. The van der Waals surface area contributed by atoms with Crippen molar-refractivity contribution in [3.63, 3.8) is 0 Å². The van der Waals surface area contributed by atoms with Crippen molar-refractivity contribution < 1.29 is 14.3 Å². The number of amides is 1. The highest BCUT2D eigenvalue weighted by atomic mass is 32.1. The third-order valence-electron chi connectivity index (χ3n) is 5.60. The molecule has 1 fully saturated rings. The summed E-state index contributed by atoms with van der Waals surface area (Å²) in [5.41, 5.74) is 3.57. The maximum Gasteiger partial charge on any atom is 0.263 e. The zero-order valence-corrected chi connectivity index (χ0v) is 19.7. The van der Waals surface area contributed by atoms with Crippen LogP contribution in [0.5, 0.6) is 5.88 Å². The van der Waals surface area contributed by atoms with Gasteiger partial charge in [-0.2, -0.15) is 10.1 Å². The lowest BCUT2D eigenvalue weighted by atomic mass is 10.1. The Morgan fingerprint density at radius 1 is 1.30 bits per heavy atom. The van der Waals surface area contributed by atoms with Crippen LogP contribution < -0.4 is 4.74 Å². The van der Waals surface area contributed by atoms with E-state index in [1.165, 1.54) is 11.3 Å². The molecule has 33 heavy (non-hydrogen) atoms. The largest absolute Gasteiger partial charge is 0.473 e. The molecule has 0 saturated carbocycles. The molecule has 0 aromatic carbocycles. The van der Waals surface area contributed by atoms with Crippen LogP contribution in [0.1, 0.15) is 33.9 Å². The summed E-state index contributed by atoms with van der Waals surface area (Å²) in [5.74, 6) is 1.23. The number of carbonyl (C=O) groups excluding carboxylic acids is 1. The molecule has 5 rings (SSSR count). The third kappa shape index (κ3) is 4.49. The second kappa shape index (κ2) is 8.95. The molecule has 0 bridgehead atoms. The highest BCUT2D eigenvalue weighted by Gasteiger charge is 2.22. The molecule has 0 spiro atoms. The quantitative estimate of drug-likeness (QED) is 0.434. The Bertz CT molecular complexity index is 1280. The van der Waals surface area contributed by atoms with E-state index in [2.05, 4.69) is 5.10 Å². The van der Waals surface area contributed by atoms with Gasteiger partial charge in [0.25, 0.3) is 5.91 Å². The van der Waals surface area contributed by atoms with E-state index in [0.717, 1.165) is 35.1 Å². The molecular formula is C23H26N6O3S. The van der Waals surface area contributed by atoms with E-state index in [-0.39, 0.29) is 12.0 Å². The highest BCUT2D eigenvalue weighted by molar-refractivity contribution is 7.12. The Labute approximate surface area is 195 Å². The van der Waals surface area contributed by atoms with Gasteiger partial charge in [0.15, 0.2) is 0 Å². The molecule has 1 aliphatic heterocycles. The van der Waals surface area contributed by atoms with Gasteiger partial charge in [0.1, 0.15) is 17.4 Å². The second-order valence-corrected chi connectivity index (χ2v) is 9.27. The fourth-order valence-electron chi connectivity index (χ4n) is 3.90. The molecule has 0 unspecified atom stereocenters. The Morgan fingerprint density at radius 3 is 2.85 bits per heavy atom. The number of thiophene rings is 1. The molecule has 1 saturated heterocycles. The second-order valence-electron chi connectivity index (χ2n) is 8.36. The van der Waals surface area contributed by atoms with Gasteiger partial charge >= 0.3 is 0 Å². The zero-order valence-electron chi connectivity index (χ0n) is 18.9. The molecule has 172 valence electrons. The first-order valence-electron chi connectivity index (χ1n) is 10.9. The molecule has 0 radical (unpaired) electrons. The van der Waals surface area contributed by atoms with E-state index < -0.39 is 0 Å². The van der Waals surface area contributed by atoms with Gasteiger partial charge in [0.2, 0.25) is 5.88 Å². The van der Waals surface area contributed by atoms with Crippen LogP contribution in [0.4, 0.5) is 0 Å². The van der Waals surface area contributed by atoms with Crippen molar-refractivity contribution >= 4 is 28.3 Å². The van der Waals surface area contributed by atoms with Crippen LogP contribution in [0.25, 0.3) is 16.7 Å². The van der Waals surface area contributed by atoms with Crippen LogP contribution >= 0.6 is 11.3 Å². The van der Waals surface area contributed by atoms with Crippen molar-refractivity contribution in [2.45, 2.75) is 25.4 Å². The first-order chi connectivity index (χ1) is 16.0. The van der Waals surface area contributed by atoms with Crippen LogP contribution in [0.15, 0.2) is 36.1 Å². The normalized spacial score (nSPS) is 14.6. The van der Waals surface area contributed by atoms with E-state index in [4.69, 9.17) is 19.4 Å². The molecule has 5 heterocycles. The van der Waals surface area contributed by atoms with Gasteiger partial charge in [0.05, 0.1) is 35.5 Å². The van der Waals surface area contributed by atoms with Crippen LogP contribution in [0, 0.1) is 0 Å². The van der Waals surface area contributed by atoms with Crippen molar-refractivity contribution in [2.75, 3.05) is 27.3 Å². The van der Waals surface area contributed by atoms with Crippen molar-refractivity contribution in [1.82, 2.24) is 29.2 Å². The van der Waals surface area contributed by atoms with Gasteiger partial charge in [-0.15, -0.1) is 11.3 Å². The lowest BCUT2D eigenvalue weighted by Crippen LogP contribution is -2.26. The molecular weight excluding hydrogens is 440 g/mol. The van der Waals surface area contributed by atoms with Crippen molar-refractivity contribution in [3.8, 4) is 11.6 Å². The minimum Gasteiger partial charge on any atom is -0.473 e. The molecule has 0 N–H and O–H groups in total. The van der Waals surface area contributed by atoms with E-state index in [0.29, 0.717) is 36.2 Å². The number of aryl methyl sites for hydroxylation is 1. The van der Waals surface area contributed by atoms with Crippen molar-refractivity contribution in [1.29, 1.82) is 0 Å². The first-order valence-corrected chi connectivity index (χ1v) is 11.8. The average Bonchev–Trinajstić information content (AvgIpc) is 3.53. The monoisotopic (exact) mass is 466 g/mol. The first kappa shape index (κ1) is 21.6. The number of hydrogen-bond acceptors (Lipinski definition) is 7. The third-order valence-corrected chi connectivity index (χ3v) is 6.56. The van der Waals surface area contributed by atoms with Gasteiger partial charge in [-0.05, 0) is 23.1 Å². The van der Waals surface area contributed by atoms with Crippen LogP contribution in [-0.2, 0) is 18.2 Å². The summed E-state index contributed by atoms with van der Waals surface area (Å²) in [7, 11) is 5.40. The topological polar surface area (TPSA) is 87.3 Å². The Hall–Kier alpha value is -3.24. The van der Waals surface area contributed by atoms with Crippen LogP contribution in [-0.4, -0.2) is 68.5 Å². The predicted molar refractivity (Wildman–Crippen MR) is 125 cm³/mol. The summed E-state index contributed by atoms with van der Waals surface area (Å²) in [6.07, 6.45) is 7.95. The van der Waals surface area contributed by atoms with Crippen LogP contribution in [0.3, 0.4) is 0 Å². The fourth-order valence-corrected chi connectivity index (χ4v) is 4.84. The van der Waals surface area contributed by atoms with E-state index in [1.807, 2.05) is 41.5 Å². The standard InChI is InChI=1S/C23H26N6O3S/c1-27(2)23(30)19-10-15(14-33-19)11-20-25-18-4-7-29(16-12-24-28(3)13-16)21(18)22(26-20)32-17-5-8-31-9-6-17/h4,7,10,12-14,17H,5-6,8-9,11H2,1-3H3. The minimum absolute atomic E-state index is 0.000271. The fraction of sp³-hybridized carbons (Fsp3) is 0.391. The maximum atomic E-state index is 12.3. The molecule has 4 aromatic heterocycles. The van der Waals surface area contributed by atoms with Crippen LogP contribution in [0.2, 0.25) is 0 Å². The van der Waals surface area contributed by atoms with E-state index in [1.54, 1.807) is 29.9 Å². The molecule has 1 amide bonds. The van der Waals surface area contributed by atoms with Gasteiger partial charge in [-0.3, -0.25) is 9.48 Å². The maximum absolute atomic E-state index is 12.3. The summed E-state index contributed by atoms with van der Waals surface area (Å²) >= 11 is 1.44. The highest BCUT2D eigenvalue weighted by Crippen LogP contribution is 2.30. The SMILES string of the molecule is CN(C)C(=O)c1cc(Cc2nc(OC3CCOCC3)c3c(ccn3-c3cnn(C)c3)n2)cs1. The molecule has 0 aliphatic carbocycles. The van der Waals surface area contributed by atoms with Gasteiger partial charge in [-0.25, -0.2) is 4.98 Å². The van der Waals surface area contributed by atoms with Gasteiger partial charge in [-0.1, -0.05) is 0 Å². The summed E-state index contributed by atoms with van der Waals surface area (Å²) in [4.78, 5) is 24.2. The van der Waals surface area contributed by atoms with E-state index in [9.17, 15) is 4.79 Å². The summed E-state index contributed by atoms with van der Waals surface area (Å²) in [5, 5.41) is 6.29. The summed E-state index contributed by atoms with van der Waals surface area (Å²) < 4.78 is 15.7. The minimum atomic E-state index is -0.000271. The molecule has 0 atom stereocenters. The van der Waals surface area contributed by atoms with Crippen molar-refractivity contribution in [3.05, 3.63) is 52.4 Å². The Kier molecular flexibility index (Phi) is 5.86. The zero-order chi connectivity index (χ0) is 22.9. The van der Waals surface area contributed by atoms with Crippen molar-refractivity contribution in [2.24, 2.45) is 7.05 Å². The number of hydrogen-bond donors (Lipinski definition) is 0. The molecule has 9 nitrogen and oxygen atoms in total. The lowest BCUT2D eigenvalue weighted by Gasteiger charge is -2.23. The average molecular weight is 467 g/mol. The molecule has 1 aliphatic rings.